The van der Waals surface area contributed by atoms with Crippen LogP contribution in [0, 0.1) is 6.07 Å². The minimum Gasteiger partial charge on any atom is -0.264 e. The van der Waals surface area contributed by atoms with Gasteiger partial charge in [0.05, 0.1) is 0 Å². The van der Waals surface area contributed by atoms with Crippen molar-refractivity contribution in [3.05, 3.63) is 67.0 Å². The van der Waals surface area contributed by atoms with E-state index in [9.17, 15) is 0 Å². The first-order valence-electron chi connectivity index (χ1n) is 6.15. The van der Waals surface area contributed by atoms with E-state index in [1.165, 1.54) is 25.7 Å². The van der Waals surface area contributed by atoms with Crippen molar-refractivity contribution in [1.29, 1.82) is 0 Å². The van der Waals surface area contributed by atoms with Gasteiger partial charge < -0.3 is 0 Å². The molecule has 0 aliphatic carbocycles. The zero-order valence-corrected chi connectivity index (χ0v) is 10.9. The molecule has 0 N–H and O–H groups in total. The average Bonchev–Trinajstić information content (AvgIpc) is 2.86. The summed E-state index contributed by atoms with van der Waals surface area (Å²) in [6.07, 6.45) is 3.69. The highest BCUT2D eigenvalue weighted by Crippen LogP contribution is 2.35. The number of pyridine rings is 1. The number of nitrogens with zero attached hydrogens (tertiary/aromatic N) is 1. The Morgan fingerprint density at radius 1 is 0.947 bits per heavy atom. The van der Waals surface area contributed by atoms with Gasteiger partial charge in [-0.2, -0.15) is 0 Å². The van der Waals surface area contributed by atoms with Gasteiger partial charge in [-0.1, -0.05) is 24.3 Å². The van der Waals surface area contributed by atoms with Gasteiger partial charge in [0.25, 0.3) is 0 Å². The van der Waals surface area contributed by atoms with Crippen LogP contribution in [0.15, 0.2) is 60.9 Å². The summed E-state index contributed by atoms with van der Waals surface area (Å²) < 4.78 is 2.60. The largest absolute Gasteiger partial charge is 0.264 e. The van der Waals surface area contributed by atoms with Crippen LogP contribution in [0.25, 0.3) is 31.3 Å². The predicted octanol–water partition coefficient (Wildman–Crippen LogP) is 4.92. The standard InChI is InChI=1S/C17H10NS/c1-2-6-16-14(5-1)15-8-7-12(10-17(15)19-16)13-4-3-9-18-11-13/h1-7,9-11H. The molecule has 0 bridgehead atoms. The Bertz CT molecular complexity index is 862. The van der Waals surface area contributed by atoms with Gasteiger partial charge in [-0.15, -0.1) is 11.3 Å². The van der Waals surface area contributed by atoms with Crippen molar-refractivity contribution in [2.24, 2.45) is 0 Å². The third kappa shape index (κ3) is 1.72. The summed E-state index contributed by atoms with van der Waals surface area (Å²) in [5.74, 6) is 0. The number of rotatable bonds is 1. The van der Waals surface area contributed by atoms with Crippen LogP contribution in [0.1, 0.15) is 0 Å². The summed E-state index contributed by atoms with van der Waals surface area (Å²) in [6, 6.07) is 20.2. The molecule has 0 fully saturated rings. The normalized spacial score (nSPS) is 11.2. The van der Waals surface area contributed by atoms with Crippen LogP contribution in [-0.4, -0.2) is 4.98 Å². The van der Waals surface area contributed by atoms with Gasteiger partial charge in [0.2, 0.25) is 0 Å². The van der Waals surface area contributed by atoms with Gasteiger partial charge in [-0.05, 0) is 35.9 Å². The van der Waals surface area contributed by atoms with Gasteiger partial charge in [0.15, 0.2) is 0 Å². The molecule has 0 saturated carbocycles. The van der Waals surface area contributed by atoms with E-state index < -0.39 is 0 Å². The minimum atomic E-state index is 1.14. The summed E-state index contributed by atoms with van der Waals surface area (Å²) in [4.78, 5) is 4.17. The van der Waals surface area contributed by atoms with E-state index in [2.05, 4.69) is 53.5 Å². The van der Waals surface area contributed by atoms with Gasteiger partial charge >= 0.3 is 0 Å². The van der Waals surface area contributed by atoms with Crippen molar-refractivity contribution in [3.63, 3.8) is 0 Å². The summed E-state index contributed by atoms with van der Waals surface area (Å²) in [7, 11) is 0. The fraction of sp³-hybridized carbons (Fsp3) is 0. The SMILES string of the molecule is [c]1cc(-c2cccnc2)cc2sc3ccccc3c12. The molecule has 2 heterocycles. The number of hydrogen-bond acceptors (Lipinski definition) is 2. The van der Waals surface area contributed by atoms with Crippen LogP contribution in [0.2, 0.25) is 0 Å². The molecule has 1 radical (unpaired) electrons. The Labute approximate surface area is 115 Å². The second-order valence-corrected chi connectivity index (χ2v) is 5.55. The Kier molecular flexibility index (Phi) is 2.35. The van der Waals surface area contributed by atoms with Crippen LogP contribution in [0.5, 0.6) is 0 Å². The molecule has 0 atom stereocenters. The van der Waals surface area contributed by atoms with Crippen LogP contribution < -0.4 is 0 Å². The Morgan fingerprint density at radius 3 is 2.79 bits per heavy atom. The highest BCUT2D eigenvalue weighted by Gasteiger charge is 2.06. The first-order valence-corrected chi connectivity index (χ1v) is 6.97. The van der Waals surface area contributed by atoms with E-state index in [0.29, 0.717) is 0 Å². The molecule has 0 spiro atoms. The zero-order valence-electron chi connectivity index (χ0n) is 10.1. The number of benzene rings is 2. The van der Waals surface area contributed by atoms with Crippen LogP contribution in [-0.2, 0) is 0 Å². The molecule has 0 amide bonds. The van der Waals surface area contributed by atoms with Crippen molar-refractivity contribution in [3.8, 4) is 11.1 Å². The molecule has 2 heteroatoms. The third-order valence-electron chi connectivity index (χ3n) is 3.28. The van der Waals surface area contributed by atoms with E-state index >= 15 is 0 Å². The smallest absolute Gasteiger partial charge is 0.0367 e. The highest BCUT2D eigenvalue weighted by molar-refractivity contribution is 7.25. The Balaban J connectivity index is 1.99. The van der Waals surface area contributed by atoms with Gasteiger partial charge in [0.1, 0.15) is 0 Å². The Hall–Kier alpha value is -2.19. The molecule has 0 unspecified atom stereocenters. The predicted molar refractivity (Wildman–Crippen MR) is 81.4 cm³/mol. The van der Waals surface area contributed by atoms with Crippen molar-refractivity contribution >= 4 is 31.5 Å². The number of hydrogen-bond donors (Lipinski definition) is 0. The molecule has 0 aliphatic rings. The van der Waals surface area contributed by atoms with Gasteiger partial charge in [-0.3, -0.25) is 4.98 Å². The maximum atomic E-state index is 4.17. The molecule has 2 aromatic heterocycles. The van der Waals surface area contributed by atoms with Crippen molar-refractivity contribution in [1.82, 2.24) is 4.98 Å². The maximum absolute atomic E-state index is 4.17. The lowest BCUT2D eigenvalue weighted by Gasteiger charge is -2.00. The quantitative estimate of drug-likeness (QED) is 0.473. The van der Waals surface area contributed by atoms with Gasteiger partial charge in [0, 0.05) is 38.1 Å². The summed E-state index contributed by atoms with van der Waals surface area (Å²) in [6.45, 7) is 0. The summed E-state index contributed by atoms with van der Waals surface area (Å²) in [5, 5.41) is 2.51. The summed E-state index contributed by atoms with van der Waals surface area (Å²) in [5.41, 5.74) is 2.31. The number of thiophene rings is 1. The Morgan fingerprint density at radius 2 is 1.89 bits per heavy atom. The first kappa shape index (κ1) is 10.7. The van der Waals surface area contributed by atoms with Crippen LogP contribution in [0.3, 0.4) is 0 Å². The fourth-order valence-electron chi connectivity index (χ4n) is 2.35. The molecule has 19 heavy (non-hydrogen) atoms. The van der Waals surface area contributed by atoms with Crippen LogP contribution in [0.4, 0.5) is 0 Å². The molecule has 4 rings (SSSR count). The maximum Gasteiger partial charge on any atom is 0.0367 e. The molecule has 0 aliphatic heterocycles. The molecule has 1 nitrogen and oxygen atoms in total. The zero-order chi connectivity index (χ0) is 12.7. The lowest BCUT2D eigenvalue weighted by atomic mass is 10.1. The van der Waals surface area contributed by atoms with Crippen molar-refractivity contribution in [2.45, 2.75) is 0 Å². The monoisotopic (exact) mass is 260 g/mol. The average molecular weight is 260 g/mol. The minimum absolute atomic E-state index is 1.14. The fourth-order valence-corrected chi connectivity index (χ4v) is 3.47. The molecule has 2 aromatic carbocycles. The highest BCUT2D eigenvalue weighted by atomic mass is 32.1. The third-order valence-corrected chi connectivity index (χ3v) is 4.39. The number of aromatic nitrogens is 1. The van der Waals surface area contributed by atoms with Crippen molar-refractivity contribution < 1.29 is 0 Å². The van der Waals surface area contributed by atoms with Crippen LogP contribution >= 0.6 is 11.3 Å². The van der Waals surface area contributed by atoms with Crippen molar-refractivity contribution in [2.75, 3.05) is 0 Å². The molecule has 89 valence electrons. The molecule has 0 saturated heterocycles. The molecular weight excluding hydrogens is 250 g/mol. The molecular formula is C17H10NS. The second kappa shape index (κ2) is 4.18. The number of fused-ring (bicyclic) bond motifs is 3. The summed E-state index contributed by atoms with van der Waals surface area (Å²) >= 11 is 1.82. The molecule has 4 aromatic rings. The lowest BCUT2D eigenvalue weighted by molar-refractivity contribution is 1.33. The lowest BCUT2D eigenvalue weighted by Crippen LogP contribution is -1.78. The van der Waals surface area contributed by atoms with E-state index in [4.69, 9.17) is 0 Å². The van der Waals surface area contributed by atoms with Gasteiger partial charge in [-0.25, -0.2) is 0 Å². The van der Waals surface area contributed by atoms with E-state index in [1.807, 2.05) is 23.6 Å². The van der Waals surface area contributed by atoms with E-state index in [-0.39, 0.29) is 0 Å². The topological polar surface area (TPSA) is 12.9 Å². The second-order valence-electron chi connectivity index (χ2n) is 4.47. The van der Waals surface area contributed by atoms with E-state index in [1.54, 1.807) is 6.20 Å². The van der Waals surface area contributed by atoms with E-state index in [0.717, 1.165) is 5.56 Å². The first-order chi connectivity index (χ1) is 9.42.